The number of rotatable bonds is 5. The Labute approximate surface area is 147 Å². The van der Waals surface area contributed by atoms with Gasteiger partial charge in [-0.15, -0.1) is 0 Å². The van der Waals surface area contributed by atoms with Gasteiger partial charge in [0.05, 0.1) is 20.8 Å². The summed E-state index contributed by atoms with van der Waals surface area (Å²) in [6.07, 6.45) is 5.20. The fraction of sp³-hybridized carbons (Fsp3) is 0.368. The second-order valence-corrected chi connectivity index (χ2v) is 5.92. The van der Waals surface area contributed by atoms with Crippen LogP contribution < -0.4 is 14.2 Å². The molecule has 1 amide bonds. The van der Waals surface area contributed by atoms with Crippen LogP contribution in [-0.2, 0) is 0 Å². The van der Waals surface area contributed by atoms with Crippen LogP contribution in [0.2, 0.25) is 0 Å². The van der Waals surface area contributed by atoms with Crippen molar-refractivity contribution in [1.82, 2.24) is 9.88 Å². The van der Waals surface area contributed by atoms with Crippen molar-refractivity contribution in [2.24, 2.45) is 0 Å². The van der Waals surface area contributed by atoms with Gasteiger partial charge in [-0.05, 0) is 37.1 Å². The van der Waals surface area contributed by atoms with Crippen LogP contribution in [0.15, 0.2) is 42.7 Å². The summed E-state index contributed by atoms with van der Waals surface area (Å²) in [7, 11) is 3.14. The summed E-state index contributed by atoms with van der Waals surface area (Å²) >= 11 is 0. The number of ether oxygens (including phenoxy) is 3. The van der Waals surface area contributed by atoms with Gasteiger partial charge in [0.15, 0.2) is 0 Å². The number of methoxy groups -OCH3 is 2. The van der Waals surface area contributed by atoms with Gasteiger partial charge in [-0.2, -0.15) is 0 Å². The largest absolute Gasteiger partial charge is 0.497 e. The summed E-state index contributed by atoms with van der Waals surface area (Å²) in [5.41, 5.74) is 0.556. The molecule has 0 spiro atoms. The average Bonchev–Trinajstić information content (AvgIpc) is 2.68. The lowest BCUT2D eigenvalue weighted by atomic mass is 10.1. The molecule has 0 bridgehead atoms. The number of hydrogen-bond acceptors (Lipinski definition) is 5. The molecule has 1 aromatic heterocycles. The Morgan fingerprint density at radius 2 is 1.76 bits per heavy atom. The van der Waals surface area contributed by atoms with Crippen molar-refractivity contribution in [3.63, 3.8) is 0 Å². The molecule has 1 aliphatic heterocycles. The zero-order valence-electron chi connectivity index (χ0n) is 14.5. The molecule has 1 atom stereocenters. The number of likely N-dealkylation sites (tertiary alicyclic amines) is 1. The van der Waals surface area contributed by atoms with E-state index in [0.717, 1.165) is 18.6 Å². The van der Waals surface area contributed by atoms with Crippen molar-refractivity contribution in [3.8, 4) is 17.2 Å². The van der Waals surface area contributed by atoms with Gasteiger partial charge in [-0.1, -0.05) is 0 Å². The fourth-order valence-corrected chi connectivity index (χ4v) is 2.94. The molecule has 25 heavy (non-hydrogen) atoms. The number of aromatic nitrogens is 1. The van der Waals surface area contributed by atoms with E-state index in [1.165, 1.54) is 0 Å². The maximum atomic E-state index is 12.9. The van der Waals surface area contributed by atoms with Crippen LogP contribution in [0.5, 0.6) is 17.2 Å². The van der Waals surface area contributed by atoms with Gasteiger partial charge >= 0.3 is 0 Å². The Morgan fingerprint density at radius 3 is 2.40 bits per heavy atom. The first-order valence-electron chi connectivity index (χ1n) is 8.28. The molecule has 6 heteroatoms. The van der Waals surface area contributed by atoms with E-state index in [4.69, 9.17) is 14.2 Å². The lowest BCUT2D eigenvalue weighted by Crippen LogP contribution is -2.44. The molecule has 132 valence electrons. The van der Waals surface area contributed by atoms with Crippen LogP contribution in [0, 0.1) is 0 Å². The van der Waals surface area contributed by atoms with Crippen molar-refractivity contribution >= 4 is 5.91 Å². The van der Waals surface area contributed by atoms with Crippen LogP contribution in [-0.4, -0.2) is 49.2 Å². The number of piperidine rings is 1. The smallest absolute Gasteiger partial charge is 0.254 e. The summed E-state index contributed by atoms with van der Waals surface area (Å²) in [6, 6.07) is 8.88. The Kier molecular flexibility index (Phi) is 5.38. The molecule has 1 unspecified atom stereocenters. The second-order valence-electron chi connectivity index (χ2n) is 5.92. The number of carbonyl (C=O) groups is 1. The molecule has 2 heterocycles. The lowest BCUT2D eigenvalue weighted by Gasteiger charge is -2.33. The SMILES string of the molecule is COc1cc(OC)cc(C(=O)N2CCCC(Oc3ccncc3)C2)c1. The van der Waals surface area contributed by atoms with E-state index in [0.29, 0.717) is 30.2 Å². The summed E-state index contributed by atoms with van der Waals surface area (Å²) < 4.78 is 16.5. The first-order valence-corrected chi connectivity index (χ1v) is 8.28. The zero-order chi connectivity index (χ0) is 17.6. The third-order valence-electron chi connectivity index (χ3n) is 4.22. The van der Waals surface area contributed by atoms with Crippen LogP contribution in [0.25, 0.3) is 0 Å². The molecule has 2 aromatic rings. The van der Waals surface area contributed by atoms with Crippen LogP contribution in [0.3, 0.4) is 0 Å². The first kappa shape index (κ1) is 17.1. The molecule has 1 aromatic carbocycles. The van der Waals surface area contributed by atoms with Gasteiger partial charge < -0.3 is 19.1 Å². The van der Waals surface area contributed by atoms with E-state index in [2.05, 4.69) is 4.98 Å². The predicted octanol–water partition coefficient (Wildman–Crippen LogP) is 2.78. The van der Waals surface area contributed by atoms with Gasteiger partial charge in [-0.25, -0.2) is 0 Å². The maximum Gasteiger partial charge on any atom is 0.254 e. The third kappa shape index (κ3) is 4.21. The third-order valence-corrected chi connectivity index (χ3v) is 4.22. The zero-order valence-corrected chi connectivity index (χ0v) is 14.5. The molecular formula is C19H22N2O4. The minimum Gasteiger partial charge on any atom is -0.497 e. The van der Waals surface area contributed by atoms with Crippen LogP contribution in [0.1, 0.15) is 23.2 Å². The van der Waals surface area contributed by atoms with Crippen molar-refractivity contribution < 1.29 is 19.0 Å². The number of hydrogen-bond donors (Lipinski definition) is 0. The van der Waals surface area contributed by atoms with Gasteiger partial charge in [0.1, 0.15) is 23.4 Å². The highest BCUT2D eigenvalue weighted by Gasteiger charge is 2.26. The Balaban J connectivity index is 1.71. The molecule has 6 nitrogen and oxygen atoms in total. The van der Waals surface area contributed by atoms with Gasteiger partial charge in [0.25, 0.3) is 5.91 Å². The first-order chi connectivity index (χ1) is 12.2. The number of amides is 1. The molecule has 1 saturated heterocycles. The highest BCUT2D eigenvalue weighted by atomic mass is 16.5. The topological polar surface area (TPSA) is 60.9 Å². The summed E-state index contributed by atoms with van der Waals surface area (Å²) in [5.74, 6) is 1.94. The average molecular weight is 342 g/mol. The van der Waals surface area contributed by atoms with Gasteiger partial charge in [0.2, 0.25) is 0 Å². The molecule has 3 rings (SSSR count). The van der Waals surface area contributed by atoms with Crippen molar-refractivity contribution in [2.75, 3.05) is 27.3 Å². The van der Waals surface area contributed by atoms with Crippen molar-refractivity contribution in [1.29, 1.82) is 0 Å². The number of nitrogens with zero attached hydrogens (tertiary/aromatic N) is 2. The maximum absolute atomic E-state index is 12.9. The van der Waals surface area contributed by atoms with E-state index in [1.54, 1.807) is 44.8 Å². The van der Waals surface area contributed by atoms with Gasteiger partial charge in [0, 0.05) is 30.6 Å². The van der Waals surface area contributed by atoms with E-state index in [9.17, 15) is 4.79 Å². The second kappa shape index (κ2) is 7.88. The molecule has 1 fully saturated rings. The molecule has 0 radical (unpaired) electrons. The van der Waals surface area contributed by atoms with Crippen molar-refractivity contribution in [3.05, 3.63) is 48.3 Å². The standard InChI is InChI=1S/C19H22N2O4/c1-23-17-10-14(11-18(12-17)24-2)19(22)21-9-3-4-16(13-21)25-15-5-7-20-8-6-15/h5-8,10-12,16H,3-4,9,13H2,1-2H3. The Hall–Kier alpha value is -2.76. The predicted molar refractivity (Wildman–Crippen MR) is 93.3 cm³/mol. The summed E-state index contributed by atoms with van der Waals surface area (Å²) in [5, 5.41) is 0. The van der Waals surface area contributed by atoms with Gasteiger partial charge in [-0.3, -0.25) is 9.78 Å². The summed E-state index contributed by atoms with van der Waals surface area (Å²) in [6.45, 7) is 1.27. The van der Waals surface area contributed by atoms with E-state index in [1.807, 2.05) is 17.0 Å². The van der Waals surface area contributed by atoms with E-state index in [-0.39, 0.29) is 12.0 Å². The molecular weight excluding hydrogens is 320 g/mol. The van der Waals surface area contributed by atoms with Crippen LogP contribution in [0.4, 0.5) is 0 Å². The van der Waals surface area contributed by atoms with Crippen LogP contribution >= 0.6 is 0 Å². The minimum atomic E-state index is -0.0415. The fourth-order valence-electron chi connectivity index (χ4n) is 2.94. The van der Waals surface area contributed by atoms with E-state index < -0.39 is 0 Å². The highest BCUT2D eigenvalue weighted by Crippen LogP contribution is 2.25. The van der Waals surface area contributed by atoms with Crippen molar-refractivity contribution in [2.45, 2.75) is 18.9 Å². The number of benzene rings is 1. The Bertz CT molecular complexity index is 698. The quantitative estimate of drug-likeness (QED) is 0.836. The highest BCUT2D eigenvalue weighted by molar-refractivity contribution is 5.95. The molecule has 0 aliphatic carbocycles. The number of carbonyl (C=O) groups excluding carboxylic acids is 1. The molecule has 1 aliphatic rings. The normalized spacial score (nSPS) is 17.0. The Morgan fingerprint density at radius 1 is 1.08 bits per heavy atom. The number of pyridine rings is 1. The lowest BCUT2D eigenvalue weighted by molar-refractivity contribution is 0.0537. The molecule has 0 saturated carbocycles. The van der Waals surface area contributed by atoms with E-state index >= 15 is 0 Å². The minimum absolute atomic E-state index is 0.0207. The molecule has 0 N–H and O–H groups in total. The summed E-state index contributed by atoms with van der Waals surface area (Å²) in [4.78, 5) is 18.7. The monoisotopic (exact) mass is 342 g/mol.